The van der Waals surface area contributed by atoms with E-state index >= 15 is 0 Å². The Morgan fingerprint density at radius 2 is 1.46 bits per heavy atom. The third-order valence-corrected chi connectivity index (χ3v) is 2.98. The minimum Gasteiger partial charge on any atom is -0.491 e. The summed E-state index contributed by atoms with van der Waals surface area (Å²) >= 11 is 0. The van der Waals surface area contributed by atoms with Crippen LogP contribution in [0, 0.1) is 0 Å². The zero-order valence-corrected chi connectivity index (χ0v) is 14.5. The highest BCUT2D eigenvalue weighted by Gasteiger charge is 2.09. The normalized spacial score (nSPS) is 10.6. The van der Waals surface area contributed by atoms with E-state index in [1.54, 1.807) is 18.2 Å². The number of para-hydroxylation sites is 2. The fraction of sp³-hybridized carbons (Fsp3) is 0.316. The molecule has 2 N–H and O–H groups in total. The predicted molar refractivity (Wildman–Crippen MR) is 97.1 cm³/mol. The van der Waals surface area contributed by atoms with Crippen LogP contribution in [0.5, 0.6) is 11.5 Å². The molecule has 0 aliphatic heterocycles. The highest BCUT2D eigenvalue weighted by Crippen LogP contribution is 2.25. The molecule has 5 heteroatoms. The van der Waals surface area contributed by atoms with Crippen molar-refractivity contribution in [3.63, 3.8) is 0 Å². The van der Waals surface area contributed by atoms with Crippen molar-refractivity contribution >= 4 is 17.4 Å². The zero-order valence-electron chi connectivity index (χ0n) is 14.5. The van der Waals surface area contributed by atoms with Gasteiger partial charge >= 0.3 is 6.03 Å². The lowest BCUT2D eigenvalue weighted by atomic mass is 10.3. The van der Waals surface area contributed by atoms with Crippen LogP contribution >= 0.6 is 0 Å². The Morgan fingerprint density at radius 1 is 0.833 bits per heavy atom. The first kappa shape index (κ1) is 17.7. The van der Waals surface area contributed by atoms with Gasteiger partial charge in [-0.05, 0) is 64.1 Å². The zero-order chi connectivity index (χ0) is 17.5. The summed E-state index contributed by atoms with van der Waals surface area (Å²) in [7, 11) is 0. The summed E-state index contributed by atoms with van der Waals surface area (Å²) in [6.07, 6.45) is 0.147. The Balaban J connectivity index is 1.98. The number of carbonyl (C=O) groups is 1. The molecule has 24 heavy (non-hydrogen) atoms. The highest BCUT2D eigenvalue weighted by molar-refractivity contribution is 6.00. The average molecular weight is 328 g/mol. The fourth-order valence-corrected chi connectivity index (χ4v) is 2.10. The number of rotatable bonds is 6. The quantitative estimate of drug-likeness (QED) is 0.792. The Hall–Kier alpha value is -2.69. The number of nitrogens with one attached hydrogen (secondary N) is 2. The number of carbonyl (C=O) groups excluding carboxylic acids is 1. The maximum Gasteiger partial charge on any atom is 0.323 e. The van der Waals surface area contributed by atoms with Gasteiger partial charge in [-0.2, -0.15) is 0 Å². The fourth-order valence-electron chi connectivity index (χ4n) is 2.10. The summed E-state index contributed by atoms with van der Waals surface area (Å²) in [4.78, 5) is 12.2. The van der Waals surface area contributed by atoms with Crippen molar-refractivity contribution < 1.29 is 14.3 Å². The molecule has 0 radical (unpaired) electrons. The molecule has 2 aromatic carbocycles. The third kappa shape index (κ3) is 5.50. The van der Waals surface area contributed by atoms with E-state index in [1.807, 2.05) is 58.0 Å². The number of ether oxygens (including phenoxy) is 2. The Kier molecular flexibility index (Phi) is 6.07. The van der Waals surface area contributed by atoms with Crippen molar-refractivity contribution in [1.29, 1.82) is 0 Å². The number of benzene rings is 2. The molecule has 0 unspecified atom stereocenters. The van der Waals surface area contributed by atoms with Gasteiger partial charge in [-0.25, -0.2) is 4.79 Å². The molecule has 0 saturated carbocycles. The lowest BCUT2D eigenvalue weighted by Crippen LogP contribution is -2.20. The summed E-state index contributed by atoms with van der Waals surface area (Å²) in [5, 5.41) is 5.60. The minimum atomic E-state index is -0.327. The molecule has 5 nitrogen and oxygen atoms in total. The van der Waals surface area contributed by atoms with Gasteiger partial charge in [-0.1, -0.05) is 12.1 Å². The first-order chi connectivity index (χ1) is 11.4. The van der Waals surface area contributed by atoms with Crippen molar-refractivity contribution in [3.05, 3.63) is 48.5 Å². The predicted octanol–water partition coefficient (Wildman–Crippen LogP) is 4.91. The Labute approximate surface area is 143 Å². The first-order valence-electron chi connectivity index (χ1n) is 8.04. The smallest absolute Gasteiger partial charge is 0.323 e. The van der Waals surface area contributed by atoms with Crippen molar-refractivity contribution in [3.8, 4) is 11.5 Å². The molecule has 2 amide bonds. The van der Waals surface area contributed by atoms with Crippen molar-refractivity contribution in [2.24, 2.45) is 0 Å². The molecule has 0 fully saturated rings. The highest BCUT2D eigenvalue weighted by atomic mass is 16.5. The largest absolute Gasteiger partial charge is 0.491 e. The van der Waals surface area contributed by atoms with E-state index in [2.05, 4.69) is 10.6 Å². The second-order valence-corrected chi connectivity index (χ2v) is 5.93. The van der Waals surface area contributed by atoms with E-state index in [4.69, 9.17) is 9.47 Å². The van der Waals surface area contributed by atoms with Crippen LogP contribution in [0.25, 0.3) is 0 Å². The number of anilines is 2. The Morgan fingerprint density at radius 3 is 2.08 bits per heavy atom. The van der Waals surface area contributed by atoms with Gasteiger partial charge in [0.2, 0.25) is 0 Å². The molecular weight excluding hydrogens is 304 g/mol. The lowest BCUT2D eigenvalue weighted by Gasteiger charge is -2.15. The summed E-state index contributed by atoms with van der Waals surface area (Å²) in [5.74, 6) is 1.41. The van der Waals surface area contributed by atoms with E-state index in [0.29, 0.717) is 17.1 Å². The summed E-state index contributed by atoms with van der Waals surface area (Å²) in [5.41, 5.74) is 1.31. The average Bonchev–Trinajstić information content (AvgIpc) is 2.50. The van der Waals surface area contributed by atoms with Crippen molar-refractivity contribution in [2.45, 2.75) is 39.9 Å². The molecule has 0 aliphatic rings. The van der Waals surface area contributed by atoms with Gasteiger partial charge in [0.1, 0.15) is 11.5 Å². The van der Waals surface area contributed by atoms with E-state index in [9.17, 15) is 4.79 Å². The Bertz CT molecular complexity index is 667. The van der Waals surface area contributed by atoms with Crippen LogP contribution in [-0.2, 0) is 0 Å². The van der Waals surface area contributed by atoms with Crippen LogP contribution in [0.2, 0.25) is 0 Å². The third-order valence-electron chi connectivity index (χ3n) is 2.98. The number of amides is 2. The molecule has 0 heterocycles. The molecular formula is C19H24N2O3. The topological polar surface area (TPSA) is 59.6 Å². The van der Waals surface area contributed by atoms with Crippen LogP contribution in [0.4, 0.5) is 16.2 Å². The second kappa shape index (κ2) is 8.24. The van der Waals surface area contributed by atoms with Gasteiger partial charge in [0.05, 0.1) is 17.9 Å². The van der Waals surface area contributed by atoms with Gasteiger partial charge in [0, 0.05) is 5.69 Å². The molecule has 2 rings (SSSR count). The SMILES string of the molecule is CC(C)Oc1ccc(NC(=O)Nc2ccccc2OC(C)C)cc1. The van der Waals surface area contributed by atoms with Crippen molar-refractivity contribution in [2.75, 3.05) is 10.6 Å². The van der Waals surface area contributed by atoms with Crippen molar-refractivity contribution in [1.82, 2.24) is 0 Å². The van der Waals surface area contributed by atoms with Crippen LogP contribution in [0.15, 0.2) is 48.5 Å². The van der Waals surface area contributed by atoms with Gasteiger partial charge in [0.25, 0.3) is 0 Å². The lowest BCUT2D eigenvalue weighted by molar-refractivity contribution is 0.242. The summed E-state index contributed by atoms with van der Waals surface area (Å²) in [6, 6.07) is 14.3. The van der Waals surface area contributed by atoms with Crippen LogP contribution < -0.4 is 20.1 Å². The molecule has 2 aromatic rings. The standard InChI is InChI=1S/C19H24N2O3/c1-13(2)23-16-11-9-15(10-12-16)20-19(22)21-17-7-5-6-8-18(17)24-14(3)4/h5-14H,1-4H3,(H2,20,21,22). The number of hydrogen-bond donors (Lipinski definition) is 2. The maximum atomic E-state index is 12.2. The first-order valence-corrected chi connectivity index (χ1v) is 8.04. The van der Waals surface area contributed by atoms with Gasteiger partial charge in [-0.3, -0.25) is 0 Å². The monoisotopic (exact) mass is 328 g/mol. The van der Waals surface area contributed by atoms with E-state index in [1.165, 1.54) is 0 Å². The molecule has 0 bridgehead atoms. The van der Waals surface area contributed by atoms with Gasteiger partial charge in [0.15, 0.2) is 0 Å². The van der Waals surface area contributed by atoms with Crippen LogP contribution in [0.3, 0.4) is 0 Å². The molecule has 0 aliphatic carbocycles. The molecule has 0 spiro atoms. The van der Waals surface area contributed by atoms with E-state index in [-0.39, 0.29) is 18.2 Å². The molecule has 0 saturated heterocycles. The van der Waals surface area contributed by atoms with Crippen LogP contribution in [-0.4, -0.2) is 18.2 Å². The van der Waals surface area contributed by atoms with Crippen LogP contribution in [0.1, 0.15) is 27.7 Å². The number of hydrogen-bond acceptors (Lipinski definition) is 3. The van der Waals surface area contributed by atoms with E-state index < -0.39 is 0 Å². The van der Waals surface area contributed by atoms with Gasteiger partial charge in [-0.15, -0.1) is 0 Å². The second-order valence-electron chi connectivity index (χ2n) is 5.93. The molecule has 0 atom stereocenters. The summed E-state index contributed by atoms with van der Waals surface area (Å²) in [6.45, 7) is 7.82. The molecule has 128 valence electrons. The summed E-state index contributed by atoms with van der Waals surface area (Å²) < 4.78 is 11.3. The van der Waals surface area contributed by atoms with Gasteiger partial charge < -0.3 is 20.1 Å². The minimum absolute atomic E-state index is 0.0320. The number of urea groups is 1. The van der Waals surface area contributed by atoms with E-state index in [0.717, 1.165) is 5.75 Å². The molecule has 0 aromatic heterocycles. The maximum absolute atomic E-state index is 12.2.